The molecular formula is C4H4Cl2FN2O3P. The van der Waals surface area contributed by atoms with Gasteiger partial charge in [0, 0.05) is 5.88 Å². The fourth-order valence-corrected chi connectivity index (χ4v) is 1.80. The predicted octanol–water partition coefficient (Wildman–Crippen LogP) is 2.41. The number of nitrogens with zero attached hydrogens (tertiary/aromatic N) is 2. The Morgan fingerprint density at radius 2 is 2.38 bits per heavy atom. The van der Waals surface area contributed by atoms with Crippen LogP contribution in [0.1, 0.15) is 0 Å². The quantitative estimate of drug-likeness (QED) is 0.246. The maximum absolute atomic E-state index is 11.8. The standard InChI is InChI=1S/C4H4Cl2FN2O3P/c5-1-2-13(10,11-3-8)12-9-4(6)7/h1-2H2/b9-4-. The first kappa shape index (κ1) is 12.5. The molecule has 0 N–H and O–H groups in total. The van der Waals surface area contributed by atoms with E-state index in [1.165, 1.54) is 0 Å². The molecule has 0 heterocycles. The van der Waals surface area contributed by atoms with E-state index in [0.717, 1.165) is 6.26 Å². The van der Waals surface area contributed by atoms with Crippen LogP contribution in [0.2, 0.25) is 0 Å². The van der Waals surface area contributed by atoms with Gasteiger partial charge in [-0.1, -0.05) is 0 Å². The molecule has 0 rings (SSSR count). The SMILES string of the molecule is N#COP(=O)(CCCl)O/N=C(\F)Cl. The van der Waals surface area contributed by atoms with Crippen LogP contribution < -0.4 is 0 Å². The third-order valence-corrected chi connectivity index (χ3v) is 2.76. The molecule has 0 aromatic rings. The van der Waals surface area contributed by atoms with E-state index in [4.69, 9.17) is 16.9 Å². The van der Waals surface area contributed by atoms with E-state index >= 15 is 0 Å². The monoisotopic (exact) mass is 248 g/mol. The molecule has 0 amide bonds. The minimum Gasteiger partial charge on any atom is -0.339 e. The average Bonchev–Trinajstić information content (AvgIpc) is 2.02. The highest BCUT2D eigenvalue weighted by molar-refractivity contribution is 7.54. The maximum Gasteiger partial charge on any atom is 0.461 e. The van der Waals surface area contributed by atoms with E-state index in [-0.39, 0.29) is 12.0 Å². The first-order valence-electron chi connectivity index (χ1n) is 2.84. The Bertz CT molecular complexity index is 275. The molecule has 0 aromatic carbocycles. The third-order valence-electron chi connectivity index (χ3n) is 0.773. The topological polar surface area (TPSA) is 71.7 Å². The lowest BCUT2D eigenvalue weighted by Crippen LogP contribution is -1.95. The van der Waals surface area contributed by atoms with Crippen molar-refractivity contribution in [3.05, 3.63) is 0 Å². The summed E-state index contributed by atoms with van der Waals surface area (Å²) >= 11 is 9.87. The fourth-order valence-electron chi connectivity index (χ4n) is 0.362. The van der Waals surface area contributed by atoms with Crippen LogP contribution in [0.5, 0.6) is 0 Å². The van der Waals surface area contributed by atoms with Gasteiger partial charge in [0.25, 0.3) is 6.26 Å². The fraction of sp³-hybridized carbons (Fsp3) is 0.500. The van der Waals surface area contributed by atoms with E-state index in [1.807, 2.05) is 0 Å². The molecule has 0 fully saturated rings. The van der Waals surface area contributed by atoms with Gasteiger partial charge >= 0.3 is 13.0 Å². The Morgan fingerprint density at radius 1 is 1.77 bits per heavy atom. The number of rotatable bonds is 5. The summed E-state index contributed by atoms with van der Waals surface area (Å²) in [5.41, 5.74) is -1.45. The highest BCUT2D eigenvalue weighted by Gasteiger charge is 2.27. The van der Waals surface area contributed by atoms with Crippen molar-refractivity contribution in [1.82, 2.24) is 0 Å². The van der Waals surface area contributed by atoms with Gasteiger partial charge in [0.2, 0.25) is 0 Å². The van der Waals surface area contributed by atoms with Crippen molar-refractivity contribution in [1.29, 1.82) is 5.26 Å². The molecule has 0 aliphatic carbocycles. The van der Waals surface area contributed by atoms with Gasteiger partial charge in [-0.15, -0.1) is 16.9 Å². The van der Waals surface area contributed by atoms with Crippen LogP contribution in [0.25, 0.3) is 0 Å². The molecule has 0 aliphatic rings. The molecule has 1 unspecified atom stereocenters. The summed E-state index contributed by atoms with van der Waals surface area (Å²) in [6.07, 6.45) is 0.867. The van der Waals surface area contributed by atoms with Crippen LogP contribution in [0.3, 0.4) is 0 Å². The van der Waals surface area contributed by atoms with E-state index in [9.17, 15) is 8.96 Å². The number of halogens is 3. The Hall–Kier alpha value is -0.500. The molecule has 0 radical (unpaired) electrons. The molecule has 0 spiro atoms. The van der Waals surface area contributed by atoms with Crippen molar-refractivity contribution in [2.75, 3.05) is 12.0 Å². The Kier molecular flexibility index (Phi) is 5.80. The van der Waals surface area contributed by atoms with Gasteiger partial charge in [-0.05, 0) is 16.8 Å². The molecule has 0 bridgehead atoms. The summed E-state index contributed by atoms with van der Waals surface area (Å²) < 4.78 is 31.2. The Labute approximate surface area is 83.5 Å². The second kappa shape index (κ2) is 6.03. The molecule has 9 heteroatoms. The van der Waals surface area contributed by atoms with Crippen LogP contribution in [-0.2, 0) is 13.7 Å². The van der Waals surface area contributed by atoms with Gasteiger partial charge in [0.05, 0.1) is 6.16 Å². The van der Waals surface area contributed by atoms with Gasteiger partial charge in [0.15, 0.2) is 0 Å². The summed E-state index contributed by atoms with van der Waals surface area (Å²) in [6, 6.07) is 0. The lowest BCUT2D eigenvalue weighted by Gasteiger charge is -2.08. The van der Waals surface area contributed by atoms with E-state index < -0.39 is 13.0 Å². The zero-order chi connectivity index (χ0) is 10.3. The largest absolute Gasteiger partial charge is 0.461 e. The number of alkyl halides is 1. The lowest BCUT2D eigenvalue weighted by molar-refractivity contribution is 0.266. The van der Waals surface area contributed by atoms with Gasteiger partial charge in [-0.25, -0.2) is 4.57 Å². The maximum atomic E-state index is 11.8. The van der Waals surface area contributed by atoms with E-state index in [2.05, 4.69) is 25.9 Å². The van der Waals surface area contributed by atoms with E-state index in [1.54, 1.807) is 0 Å². The van der Waals surface area contributed by atoms with Crippen LogP contribution >= 0.6 is 30.8 Å². The molecule has 5 nitrogen and oxygen atoms in total. The highest BCUT2D eigenvalue weighted by Crippen LogP contribution is 2.48. The first-order valence-corrected chi connectivity index (χ1v) is 5.48. The second-order valence-corrected chi connectivity index (χ2v) is 4.32. The van der Waals surface area contributed by atoms with Crippen molar-refractivity contribution in [2.24, 2.45) is 5.16 Å². The summed E-state index contributed by atoms with van der Waals surface area (Å²) in [7, 11) is -3.78. The van der Waals surface area contributed by atoms with Crippen molar-refractivity contribution in [3.8, 4) is 6.26 Å². The normalized spacial score (nSPS) is 15.7. The molecular weight excluding hydrogens is 245 g/mol. The minimum atomic E-state index is -3.78. The van der Waals surface area contributed by atoms with Gasteiger partial charge in [-0.2, -0.15) is 4.39 Å². The van der Waals surface area contributed by atoms with Crippen LogP contribution in [0, 0.1) is 11.5 Å². The zero-order valence-corrected chi connectivity index (χ0v) is 8.52. The predicted molar refractivity (Wildman–Crippen MR) is 45.4 cm³/mol. The lowest BCUT2D eigenvalue weighted by atomic mass is 11.0. The third kappa shape index (κ3) is 5.69. The van der Waals surface area contributed by atoms with Crippen molar-refractivity contribution < 1.29 is 18.1 Å². The van der Waals surface area contributed by atoms with Crippen molar-refractivity contribution in [2.45, 2.75) is 0 Å². The summed E-state index contributed by atoms with van der Waals surface area (Å²) in [4.78, 5) is 0. The summed E-state index contributed by atoms with van der Waals surface area (Å²) in [5, 5.41) is 10.6. The highest BCUT2D eigenvalue weighted by atomic mass is 35.5. The number of oxime groups is 1. The second-order valence-electron chi connectivity index (χ2n) is 1.62. The first-order chi connectivity index (χ1) is 6.04. The number of nitriles is 1. The molecule has 74 valence electrons. The average molecular weight is 249 g/mol. The van der Waals surface area contributed by atoms with Gasteiger partial charge in [0.1, 0.15) is 0 Å². The van der Waals surface area contributed by atoms with Crippen LogP contribution in [0.15, 0.2) is 5.16 Å². The number of hydrogen-bond donors (Lipinski definition) is 0. The molecule has 0 aromatic heterocycles. The summed E-state index contributed by atoms with van der Waals surface area (Å²) in [6.45, 7) is 0. The molecule has 0 saturated heterocycles. The smallest absolute Gasteiger partial charge is 0.339 e. The van der Waals surface area contributed by atoms with Crippen LogP contribution in [0.4, 0.5) is 4.39 Å². The molecule has 1 atom stereocenters. The van der Waals surface area contributed by atoms with Crippen LogP contribution in [-0.4, -0.2) is 17.5 Å². The van der Waals surface area contributed by atoms with E-state index in [0.29, 0.717) is 0 Å². The Balaban J connectivity index is 4.35. The van der Waals surface area contributed by atoms with Gasteiger partial charge < -0.3 is 9.15 Å². The minimum absolute atomic E-state index is 0.0849. The van der Waals surface area contributed by atoms with Gasteiger partial charge in [-0.3, -0.25) is 0 Å². The summed E-state index contributed by atoms with van der Waals surface area (Å²) in [5.74, 6) is -0.0849. The molecule has 0 aliphatic heterocycles. The molecule has 13 heavy (non-hydrogen) atoms. The van der Waals surface area contributed by atoms with Crippen molar-refractivity contribution in [3.63, 3.8) is 0 Å². The van der Waals surface area contributed by atoms with Crippen molar-refractivity contribution >= 4 is 36.2 Å². The Morgan fingerprint density at radius 3 is 2.77 bits per heavy atom. The molecule has 0 saturated carbocycles. The number of hydrogen-bond acceptors (Lipinski definition) is 5. The zero-order valence-electron chi connectivity index (χ0n) is 6.11.